The minimum atomic E-state index is 0.223. The third kappa shape index (κ3) is 2.60. The van der Waals surface area contributed by atoms with Gasteiger partial charge in [0.1, 0.15) is 17.4 Å². The Morgan fingerprint density at radius 1 is 1.35 bits per heavy atom. The molecule has 1 aromatic heterocycles. The van der Waals surface area contributed by atoms with Crippen molar-refractivity contribution in [2.45, 2.75) is 6.92 Å². The molecule has 0 amide bonds. The molecule has 0 aliphatic rings. The van der Waals surface area contributed by atoms with Gasteiger partial charge < -0.3 is 4.74 Å². The Hall–Kier alpha value is -1.93. The normalized spacial score (nSPS) is 9.71. The first-order chi connectivity index (χ1) is 8.20. The maximum atomic E-state index is 8.90. The van der Waals surface area contributed by atoms with Crippen LogP contribution in [-0.4, -0.2) is 10.2 Å². The fourth-order valence-corrected chi connectivity index (χ4v) is 1.79. The number of benzene rings is 1. The Morgan fingerprint density at radius 2 is 2.18 bits per heavy atom. The second-order valence-corrected chi connectivity index (χ2v) is 4.29. The predicted octanol–water partition coefficient (Wildman–Crippen LogP) is 3.21. The molecule has 0 unspecified atom stereocenters. The van der Waals surface area contributed by atoms with Crippen molar-refractivity contribution in [1.29, 1.82) is 5.26 Å². The van der Waals surface area contributed by atoms with E-state index in [0.29, 0.717) is 11.3 Å². The molecule has 5 heteroatoms. The van der Waals surface area contributed by atoms with Crippen molar-refractivity contribution in [3.8, 4) is 17.7 Å². The molecule has 1 heterocycles. The first-order valence-corrected chi connectivity index (χ1v) is 5.66. The standard InChI is InChI=1S/C12H8BrN3O/c1-8-6-10(13)2-3-11(8)17-12-9(7-14)4-5-15-16-12/h2-6H,1H3. The van der Waals surface area contributed by atoms with Crippen molar-refractivity contribution in [2.24, 2.45) is 0 Å². The van der Waals surface area contributed by atoms with Gasteiger partial charge in [-0.15, -0.1) is 5.10 Å². The van der Waals surface area contributed by atoms with Crippen LogP contribution in [0.3, 0.4) is 0 Å². The van der Waals surface area contributed by atoms with Gasteiger partial charge in [-0.05, 0) is 36.8 Å². The second-order valence-electron chi connectivity index (χ2n) is 3.37. The lowest BCUT2D eigenvalue weighted by atomic mass is 10.2. The third-order valence-corrected chi connectivity index (χ3v) is 2.64. The average molecular weight is 290 g/mol. The van der Waals surface area contributed by atoms with E-state index >= 15 is 0 Å². The molecular formula is C12H8BrN3O. The number of nitriles is 1. The summed E-state index contributed by atoms with van der Waals surface area (Å²) in [5.41, 5.74) is 1.32. The van der Waals surface area contributed by atoms with Gasteiger partial charge in [-0.3, -0.25) is 0 Å². The summed E-state index contributed by atoms with van der Waals surface area (Å²) >= 11 is 3.37. The Morgan fingerprint density at radius 3 is 2.88 bits per heavy atom. The van der Waals surface area contributed by atoms with Crippen LogP contribution in [0.25, 0.3) is 0 Å². The van der Waals surface area contributed by atoms with Gasteiger partial charge >= 0.3 is 0 Å². The van der Waals surface area contributed by atoms with Crippen LogP contribution in [0.4, 0.5) is 0 Å². The van der Waals surface area contributed by atoms with Crippen molar-refractivity contribution in [2.75, 3.05) is 0 Å². The molecule has 17 heavy (non-hydrogen) atoms. The Labute approximate surface area is 107 Å². The van der Waals surface area contributed by atoms with Crippen LogP contribution in [0.1, 0.15) is 11.1 Å². The fourth-order valence-electron chi connectivity index (χ4n) is 1.31. The lowest BCUT2D eigenvalue weighted by molar-refractivity contribution is 0.450. The molecule has 0 saturated heterocycles. The third-order valence-electron chi connectivity index (χ3n) is 2.15. The van der Waals surface area contributed by atoms with E-state index in [2.05, 4.69) is 26.1 Å². The number of hydrogen-bond donors (Lipinski definition) is 0. The maximum Gasteiger partial charge on any atom is 0.256 e. The molecule has 84 valence electrons. The molecule has 0 N–H and O–H groups in total. The van der Waals surface area contributed by atoms with Gasteiger partial charge in [-0.25, -0.2) is 0 Å². The summed E-state index contributed by atoms with van der Waals surface area (Å²) in [6, 6.07) is 9.18. The van der Waals surface area contributed by atoms with Crippen LogP contribution >= 0.6 is 15.9 Å². The van der Waals surface area contributed by atoms with Crippen LogP contribution < -0.4 is 4.74 Å². The van der Waals surface area contributed by atoms with Gasteiger partial charge in [0.15, 0.2) is 0 Å². The van der Waals surface area contributed by atoms with Gasteiger partial charge in [0, 0.05) is 4.47 Å². The van der Waals surface area contributed by atoms with E-state index in [1.54, 1.807) is 6.07 Å². The number of rotatable bonds is 2. The topological polar surface area (TPSA) is 58.8 Å². The van der Waals surface area contributed by atoms with Crippen molar-refractivity contribution >= 4 is 15.9 Å². The lowest BCUT2D eigenvalue weighted by Gasteiger charge is -2.08. The molecule has 0 bridgehead atoms. The number of hydrogen-bond acceptors (Lipinski definition) is 4. The minimum Gasteiger partial charge on any atom is -0.436 e. The largest absolute Gasteiger partial charge is 0.436 e. The zero-order valence-corrected chi connectivity index (χ0v) is 10.6. The Balaban J connectivity index is 2.35. The zero-order valence-electron chi connectivity index (χ0n) is 9.01. The summed E-state index contributed by atoms with van der Waals surface area (Å²) < 4.78 is 6.54. The second kappa shape index (κ2) is 4.93. The molecule has 2 aromatic rings. The van der Waals surface area contributed by atoms with Crippen LogP contribution in [0.2, 0.25) is 0 Å². The highest BCUT2D eigenvalue weighted by atomic mass is 79.9. The summed E-state index contributed by atoms with van der Waals surface area (Å²) in [5, 5.41) is 16.4. The molecule has 0 fully saturated rings. The van der Waals surface area contributed by atoms with Gasteiger partial charge in [-0.1, -0.05) is 15.9 Å². The molecule has 0 radical (unpaired) electrons. The van der Waals surface area contributed by atoms with E-state index in [1.807, 2.05) is 31.2 Å². The summed E-state index contributed by atoms with van der Waals surface area (Å²) in [6.45, 7) is 1.92. The number of aryl methyl sites for hydroxylation is 1. The molecule has 2 rings (SSSR count). The highest BCUT2D eigenvalue weighted by Crippen LogP contribution is 2.27. The van der Waals surface area contributed by atoms with Crippen molar-refractivity contribution < 1.29 is 4.74 Å². The first-order valence-electron chi connectivity index (χ1n) is 4.86. The molecule has 0 atom stereocenters. The molecule has 4 nitrogen and oxygen atoms in total. The molecule has 0 aliphatic carbocycles. The first kappa shape index (κ1) is 11.6. The Bertz CT molecular complexity index is 593. The van der Waals surface area contributed by atoms with Crippen LogP contribution in [-0.2, 0) is 0 Å². The SMILES string of the molecule is Cc1cc(Br)ccc1Oc1nnccc1C#N. The smallest absolute Gasteiger partial charge is 0.256 e. The van der Waals surface area contributed by atoms with E-state index in [-0.39, 0.29) is 5.88 Å². The van der Waals surface area contributed by atoms with Crippen molar-refractivity contribution in [1.82, 2.24) is 10.2 Å². The molecule has 1 aromatic carbocycles. The lowest BCUT2D eigenvalue weighted by Crippen LogP contribution is -1.95. The van der Waals surface area contributed by atoms with Gasteiger partial charge in [0.2, 0.25) is 0 Å². The Kier molecular flexibility index (Phi) is 3.35. The van der Waals surface area contributed by atoms with Gasteiger partial charge in [0.05, 0.1) is 6.20 Å². The van der Waals surface area contributed by atoms with Gasteiger partial charge in [-0.2, -0.15) is 10.4 Å². The van der Waals surface area contributed by atoms with Crippen molar-refractivity contribution in [3.63, 3.8) is 0 Å². The van der Waals surface area contributed by atoms with Crippen LogP contribution in [0, 0.1) is 18.3 Å². The molecule has 0 saturated carbocycles. The quantitative estimate of drug-likeness (QED) is 0.852. The molecule has 0 spiro atoms. The monoisotopic (exact) mass is 289 g/mol. The van der Waals surface area contributed by atoms with E-state index in [0.717, 1.165) is 10.0 Å². The average Bonchev–Trinajstić information content (AvgIpc) is 2.33. The highest BCUT2D eigenvalue weighted by molar-refractivity contribution is 9.10. The van der Waals surface area contributed by atoms with Gasteiger partial charge in [0.25, 0.3) is 5.88 Å². The fraction of sp³-hybridized carbons (Fsp3) is 0.0833. The van der Waals surface area contributed by atoms with E-state index in [9.17, 15) is 0 Å². The molecule has 0 aliphatic heterocycles. The number of nitrogens with zero attached hydrogens (tertiary/aromatic N) is 3. The highest BCUT2D eigenvalue weighted by Gasteiger charge is 2.08. The zero-order chi connectivity index (χ0) is 12.3. The van der Waals surface area contributed by atoms with E-state index in [1.165, 1.54) is 6.20 Å². The van der Waals surface area contributed by atoms with E-state index < -0.39 is 0 Å². The number of ether oxygens (including phenoxy) is 1. The summed E-state index contributed by atoms with van der Waals surface area (Å²) in [5.74, 6) is 0.880. The predicted molar refractivity (Wildman–Crippen MR) is 65.7 cm³/mol. The maximum absolute atomic E-state index is 8.90. The summed E-state index contributed by atoms with van der Waals surface area (Å²) in [4.78, 5) is 0. The summed E-state index contributed by atoms with van der Waals surface area (Å²) in [6.07, 6.45) is 1.46. The van der Waals surface area contributed by atoms with Crippen LogP contribution in [0.5, 0.6) is 11.6 Å². The minimum absolute atomic E-state index is 0.223. The number of aromatic nitrogens is 2. The molecular weight excluding hydrogens is 282 g/mol. The van der Waals surface area contributed by atoms with Crippen LogP contribution in [0.15, 0.2) is 34.9 Å². The van der Waals surface area contributed by atoms with E-state index in [4.69, 9.17) is 10.00 Å². The summed E-state index contributed by atoms with van der Waals surface area (Å²) in [7, 11) is 0. The number of halogens is 1. The van der Waals surface area contributed by atoms with Crippen molar-refractivity contribution in [3.05, 3.63) is 46.1 Å².